The summed E-state index contributed by atoms with van der Waals surface area (Å²) in [6.07, 6.45) is -14.4. The lowest BCUT2D eigenvalue weighted by Gasteiger charge is -2.37. The summed E-state index contributed by atoms with van der Waals surface area (Å²) in [5.41, 5.74) is -1.11. The van der Waals surface area contributed by atoms with Crippen molar-refractivity contribution in [3.63, 3.8) is 0 Å². The molecule has 442 valence electrons. The van der Waals surface area contributed by atoms with Crippen molar-refractivity contribution in [3.8, 4) is 17.6 Å². The molecular weight excluding hydrogens is 1170 g/mol. The highest BCUT2D eigenvalue weighted by molar-refractivity contribution is 8.07. The Labute approximate surface area is 487 Å². The molecule has 0 aliphatic carbocycles. The molecule has 27 nitrogen and oxygen atoms in total. The SMILES string of the molecule is COc1ccc(C(OC[C@H]2O[C@@H](n3nnc4c(NC(=O)c5ccccc5)ncnc43)[C@@H](F)[C@@H]2OP(=S)(OCCC#N)OC[C@H]2O[C@@H](n3nnc4c(=O)[nH]c(NC(=O)C(C)C)nc43)[C@@H](O[P+](=O)O)[C@@H]2F)(c2ccccc2)c2ccc(OC)cc2)cc1. The third kappa shape index (κ3) is 12.7. The van der Waals surface area contributed by atoms with Crippen molar-refractivity contribution in [1.29, 1.82) is 5.26 Å². The first-order chi connectivity index (χ1) is 41.0. The Hall–Kier alpha value is -8.04. The minimum Gasteiger partial charge on any atom is -0.497 e. The molecule has 85 heavy (non-hydrogen) atoms. The Balaban J connectivity index is 1.01. The number of alkyl halides is 2. The normalized spacial score (nSPS) is 21.4. The number of rotatable bonds is 24. The molecule has 2 unspecified atom stereocenters. The van der Waals surface area contributed by atoms with Crippen LogP contribution in [0.4, 0.5) is 20.5 Å². The van der Waals surface area contributed by atoms with Gasteiger partial charge in [0.15, 0.2) is 59.0 Å². The molecule has 2 saturated heterocycles. The summed E-state index contributed by atoms with van der Waals surface area (Å²) in [5.74, 6) is -0.894. The fraction of sp³-hybridized carbons (Fsp3) is 0.340. The van der Waals surface area contributed by atoms with Crippen molar-refractivity contribution in [2.75, 3.05) is 44.7 Å². The summed E-state index contributed by atoms with van der Waals surface area (Å²) in [4.78, 5) is 64.1. The van der Waals surface area contributed by atoms with Crippen LogP contribution in [-0.2, 0) is 59.1 Å². The highest BCUT2D eigenvalue weighted by atomic mass is 32.5. The Kier molecular flexibility index (Phi) is 18.4. The number of amides is 2. The van der Waals surface area contributed by atoms with Gasteiger partial charge >= 0.3 is 15.0 Å². The molecule has 0 spiro atoms. The van der Waals surface area contributed by atoms with Crippen LogP contribution < -0.4 is 25.7 Å². The lowest BCUT2D eigenvalue weighted by atomic mass is 9.80. The lowest BCUT2D eigenvalue weighted by Crippen LogP contribution is -2.40. The van der Waals surface area contributed by atoms with Crippen molar-refractivity contribution in [2.45, 2.75) is 75.1 Å². The van der Waals surface area contributed by atoms with E-state index >= 15 is 8.78 Å². The van der Waals surface area contributed by atoms with Crippen LogP contribution in [0.2, 0.25) is 0 Å². The predicted octanol–water partition coefficient (Wildman–Crippen LogP) is 6.68. The van der Waals surface area contributed by atoms with Gasteiger partial charge in [-0.15, -0.1) is 19.6 Å². The first-order valence-corrected chi connectivity index (χ1v) is 29.7. The van der Waals surface area contributed by atoms with Crippen LogP contribution in [0.25, 0.3) is 22.3 Å². The molecule has 0 saturated carbocycles. The highest BCUT2D eigenvalue weighted by Gasteiger charge is 2.55. The van der Waals surface area contributed by atoms with E-state index in [2.05, 4.69) is 51.2 Å². The van der Waals surface area contributed by atoms with Gasteiger partial charge in [0.25, 0.3) is 11.5 Å². The average Bonchev–Trinajstić information content (AvgIpc) is 2.68. The van der Waals surface area contributed by atoms with E-state index in [4.69, 9.17) is 53.6 Å². The number of aromatic amines is 1. The zero-order chi connectivity index (χ0) is 60.0. The number of fused-ring (bicyclic) bond motifs is 2. The first-order valence-electron chi connectivity index (χ1n) is 26.0. The second-order valence-corrected chi connectivity index (χ2v) is 22.9. The third-order valence-electron chi connectivity index (χ3n) is 13.6. The van der Waals surface area contributed by atoms with E-state index in [1.165, 1.54) is 14.2 Å². The summed E-state index contributed by atoms with van der Waals surface area (Å²) >= 11 is 5.98. The molecule has 32 heteroatoms. The Morgan fingerprint density at radius 3 is 2.05 bits per heavy atom. The van der Waals surface area contributed by atoms with Crippen molar-refractivity contribution < 1.29 is 69.6 Å². The molecule has 10 rings (SSSR count). The Morgan fingerprint density at radius 1 is 0.812 bits per heavy atom. The molecule has 6 heterocycles. The monoisotopic (exact) mass is 1230 g/mol. The second-order valence-electron chi connectivity index (χ2n) is 19.2. The molecule has 0 bridgehead atoms. The van der Waals surface area contributed by atoms with Crippen LogP contribution in [0.1, 0.15) is 59.8 Å². The molecular formula is C53H52F2N13O14P2S+. The molecule has 4 aromatic heterocycles. The standard InChI is InChI=1S/C53H51F2N13O14P2S/c1-29(2)47(69)61-52-60-46-41(49(71)62-52)64-66-68(46)51-43(81-83(72)73)38(54)36(79-51)27-78-84(85,77-25-11-24-56)82-42-37(80-50(39(42)55)67-45-40(63-65-67)44(57-28-58-45)59-48(70)30-12-7-5-8-13-30)26-76-53(31-14-9-6-10-15-31,32-16-20-34(74-3)21-17-32)33-18-22-35(75-4)23-19-33/h5-10,12-23,28-29,36-39,42-43,50-51H,11,25-27H2,1-4H3,(H3-,57,58,59,60,61,62,65,66,69,70,71,72,73)/p+1/t36-,37-,38-,39+,42-,43+,50-,51-,84?/m1/s1. The molecule has 0 radical (unpaired) electrons. The van der Waals surface area contributed by atoms with Crippen molar-refractivity contribution >= 4 is 72.7 Å². The summed E-state index contributed by atoms with van der Waals surface area (Å²) in [6, 6.07) is 33.6. The number of H-pyrrole nitrogens is 1. The van der Waals surface area contributed by atoms with Gasteiger partial charge in [0.2, 0.25) is 11.9 Å². The predicted molar refractivity (Wildman–Crippen MR) is 299 cm³/mol. The summed E-state index contributed by atoms with van der Waals surface area (Å²) in [6.45, 7) is -3.12. The van der Waals surface area contributed by atoms with Crippen LogP contribution in [0.5, 0.6) is 11.5 Å². The zero-order valence-electron chi connectivity index (χ0n) is 45.3. The van der Waals surface area contributed by atoms with E-state index in [0.29, 0.717) is 33.8 Å². The number of benzene rings is 4. The van der Waals surface area contributed by atoms with Crippen molar-refractivity contribution in [1.82, 2.24) is 49.9 Å². The molecule has 2 aliphatic heterocycles. The number of carbonyl (C=O) groups excluding carboxylic acids is 2. The molecule has 8 aromatic rings. The van der Waals surface area contributed by atoms with Gasteiger partial charge in [-0.05, 0) is 64.9 Å². The van der Waals surface area contributed by atoms with Crippen molar-refractivity contribution in [2.24, 2.45) is 5.92 Å². The minimum atomic E-state index is -4.48. The van der Waals surface area contributed by atoms with Crippen LogP contribution in [0.3, 0.4) is 0 Å². The number of methoxy groups -OCH3 is 2. The maximum atomic E-state index is 18.1. The van der Waals surface area contributed by atoms with Gasteiger partial charge in [-0.25, -0.2) is 18.7 Å². The third-order valence-corrected chi connectivity index (χ3v) is 16.4. The van der Waals surface area contributed by atoms with Gasteiger partial charge in [-0.3, -0.25) is 29.2 Å². The number of hydrogen-bond donors (Lipinski definition) is 4. The molecule has 2 aliphatic rings. The maximum absolute atomic E-state index is 18.1. The number of aromatic nitrogens is 10. The van der Waals surface area contributed by atoms with Gasteiger partial charge < -0.3 is 38.0 Å². The fourth-order valence-corrected chi connectivity index (χ4v) is 11.9. The van der Waals surface area contributed by atoms with Crippen LogP contribution in [0, 0.1) is 17.2 Å². The first kappa shape index (κ1) is 60.1. The smallest absolute Gasteiger partial charge is 0.497 e. The van der Waals surface area contributed by atoms with Gasteiger partial charge in [0, 0.05) is 16.0 Å². The molecule has 4 N–H and O–H groups in total. The number of anilines is 2. The number of nitrogens with one attached hydrogen (secondary N) is 3. The average molecular weight is 1230 g/mol. The molecule has 2 fully saturated rings. The number of carbonyl (C=O) groups is 2. The molecule has 4 aromatic carbocycles. The second kappa shape index (κ2) is 26.1. The van der Waals surface area contributed by atoms with Crippen molar-refractivity contribution in [3.05, 3.63) is 148 Å². The Bertz CT molecular complexity index is 3800. The molecule has 2 amide bonds. The topological polar surface area (TPSA) is 335 Å². The summed E-state index contributed by atoms with van der Waals surface area (Å²) < 4.78 is 104. The van der Waals surface area contributed by atoms with E-state index < -0.39 is 113 Å². The van der Waals surface area contributed by atoms with Crippen LogP contribution in [-0.4, -0.2) is 137 Å². The Morgan fingerprint density at radius 2 is 1.42 bits per heavy atom. The number of nitriles is 1. The molecule has 10 atom stereocenters. The maximum Gasteiger partial charge on any atom is 0.695 e. The van der Waals surface area contributed by atoms with Gasteiger partial charge in [0.05, 0.1) is 46.5 Å². The lowest BCUT2D eigenvalue weighted by molar-refractivity contribution is -0.118. The van der Waals surface area contributed by atoms with Gasteiger partial charge in [0.1, 0.15) is 41.7 Å². The summed E-state index contributed by atoms with van der Waals surface area (Å²) in [7, 11) is -0.482. The van der Waals surface area contributed by atoms with E-state index in [0.717, 1.165) is 15.7 Å². The van der Waals surface area contributed by atoms with Crippen LogP contribution >= 0.6 is 15.0 Å². The minimum absolute atomic E-state index is 0.0429. The number of ether oxygens (including phenoxy) is 5. The fourth-order valence-electron chi connectivity index (χ4n) is 9.42. The van der Waals surface area contributed by atoms with E-state index in [1.54, 1.807) is 92.7 Å². The van der Waals surface area contributed by atoms with E-state index in [9.17, 15) is 29.1 Å². The van der Waals surface area contributed by atoms with E-state index in [-0.39, 0.29) is 40.5 Å². The van der Waals surface area contributed by atoms with Gasteiger partial charge in [-0.1, -0.05) is 97.1 Å². The number of nitrogens with zero attached hydrogens (tertiary/aromatic N) is 10. The number of halogens is 2. The van der Waals surface area contributed by atoms with Crippen LogP contribution in [0.15, 0.2) is 120 Å². The highest BCUT2D eigenvalue weighted by Crippen LogP contribution is 2.55. The zero-order valence-corrected chi connectivity index (χ0v) is 47.9. The van der Waals surface area contributed by atoms with Gasteiger partial charge in [-0.2, -0.15) is 19.6 Å². The largest absolute Gasteiger partial charge is 0.695 e. The quantitative estimate of drug-likeness (QED) is 0.0278. The van der Waals surface area contributed by atoms with E-state index in [1.807, 2.05) is 36.4 Å². The number of hydrogen-bond acceptors (Lipinski definition) is 22. The summed E-state index contributed by atoms with van der Waals surface area (Å²) in [5, 5.41) is 31.0.